The monoisotopic (exact) mass is 309 g/mol. The van der Waals surface area contributed by atoms with Crippen molar-refractivity contribution in [3.8, 4) is 0 Å². The molecule has 0 amide bonds. The van der Waals surface area contributed by atoms with Crippen LogP contribution in [-0.2, 0) is 13.6 Å². The van der Waals surface area contributed by atoms with Crippen molar-refractivity contribution in [2.24, 2.45) is 7.05 Å². The molecule has 0 spiro atoms. The lowest BCUT2D eigenvalue weighted by Crippen LogP contribution is -2.25. The smallest absolute Gasteiger partial charge is 0.130 e. The maximum Gasteiger partial charge on any atom is 0.130 e. The molecular formula is C19H20FN3. The Morgan fingerprint density at radius 3 is 2.70 bits per heavy atom. The van der Waals surface area contributed by atoms with Gasteiger partial charge in [0.15, 0.2) is 0 Å². The Morgan fingerprint density at radius 1 is 1.17 bits per heavy atom. The molecule has 0 unspecified atom stereocenters. The van der Waals surface area contributed by atoms with E-state index in [1.54, 1.807) is 18.3 Å². The van der Waals surface area contributed by atoms with Gasteiger partial charge in [-0.2, -0.15) is 0 Å². The first-order valence-corrected chi connectivity index (χ1v) is 7.65. The number of rotatable bonds is 5. The molecule has 1 heterocycles. The van der Waals surface area contributed by atoms with Gasteiger partial charge in [-0.15, -0.1) is 0 Å². The van der Waals surface area contributed by atoms with Crippen LogP contribution in [0, 0.1) is 12.7 Å². The summed E-state index contributed by atoms with van der Waals surface area (Å²) in [5.41, 5.74) is 3.33. The third-order valence-electron chi connectivity index (χ3n) is 4.06. The van der Waals surface area contributed by atoms with Crippen molar-refractivity contribution in [3.63, 3.8) is 0 Å². The molecule has 0 saturated heterocycles. The number of imidazole rings is 1. The van der Waals surface area contributed by atoms with E-state index in [1.165, 1.54) is 17.2 Å². The molecule has 3 rings (SSSR count). The summed E-state index contributed by atoms with van der Waals surface area (Å²) in [7, 11) is 1.95. The fraction of sp³-hybridized carbons (Fsp3) is 0.211. The topological polar surface area (TPSA) is 29.9 Å². The van der Waals surface area contributed by atoms with Gasteiger partial charge in [-0.25, -0.2) is 9.37 Å². The summed E-state index contributed by atoms with van der Waals surface area (Å²) in [6.07, 6.45) is 3.66. The minimum atomic E-state index is -0.237. The van der Waals surface area contributed by atoms with Crippen LogP contribution in [0.3, 0.4) is 0 Å². The molecule has 0 bridgehead atoms. The van der Waals surface area contributed by atoms with Gasteiger partial charge in [-0.1, -0.05) is 36.4 Å². The quantitative estimate of drug-likeness (QED) is 0.778. The molecule has 2 aromatic carbocycles. The van der Waals surface area contributed by atoms with E-state index in [-0.39, 0.29) is 11.9 Å². The Hall–Kier alpha value is -2.46. The minimum absolute atomic E-state index is 0.162. The van der Waals surface area contributed by atoms with Crippen molar-refractivity contribution in [3.05, 3.63) is 89.3 Å². The number of aromatic nitrogens is 2. The zero-order valence-electron chi connectivity index (χ0n) is 13.3. The van der Waals surface area contributed by atoms with Crippen molar-refractivity contribution in [1.29, 1.82) is 0 Å². The SMILES string of the molecule is Cc1ccccc1CN[C@H](c1cccc(F)c1)c1nccn1C. The van der Waals surface area contributed by atoms with Gasteiger partial charge in [-0.3, -0.25) is 5.32 Å². The van der Waals surface area contributed by atoms with Crippen LogP contribution in [0.25, 0.3) is 0 Å². The summed E-state index contributed by atoms with van der Waals surface area (Å²) in [5, 5.41) is 3.51. The molecule has 0 saturated carbocycles. The van der Waals surface area contributed by atoms with Gasteiger partial charge in [0.1, 0.15) is 11.6 Å². The number of hydrogen-bond acceptors (Lipinski definition) is 2. The highest BCUT2D eigenvalue weighted by atomic mass is 19.1. The second-order valence-corrected chi connectivity index (χ2v) is 5.69. The normalized spacial score (nSPS) is 12.3. The van der Waals surface area contributed by atoms with Crippen molar-refractivity contribution >= 4 is 0 Å². The minimum Gasteiger partial charge on any atom is -0.336 e. The van der Waals surface area contributed by atoms with Crippen molar-refractivity contribution in [2.75, 3.05) is 0 Å². The molecule has 1 aromatic heterocycles. The number of hydrogen-bond donors (Lipinski definition) is 1. The summed E-state index contributed by atoms with van der Waals surface area (Å²) >= 11 is 0. The number of benzene rings is 2. The van der Waals surface area contributed by atoms with Crippen LogP contribution >= 0.6 is 0 Å². The second kappa shape index (κ2) is 6.75. The molecule has 1 N–H and O–H groups in total. The van der Waals surface area contributed by atoms with Crippen LogP contribution in [0.1, 0.15) is 28.6 Å². The van der Waals surface area contributed by atoms with Gasteiger partial charge in [0.2, 0.25) is 0 Å². The summed E-state index contributed by atoms with van der Waals surface area (Å²) in [6, 6.07) is 14.8. The number of nitrogens with one attached hydrogen (secondary N) is 1. The van der Waals surface area contributed by atoms with E-state index in [0.717, 1.165) is 11.4 Å². The third kappa shape index (κ3) is 3.48. The van der Waals surface area contributed by atoms with Gasteiger partial charge in [0, 0.05) is 26.0 Å². The van der Waals surface area contributed by atoms with Crippen molar-refractivity contribution in [2.45, 2.75) is 19.5 Å². The highest BCUT2D eigenvalue weighted by Crippen LogP contribution is 2.22. The Bertz CT molecular complexity index is 795. The lowest BCUT2D eigenvalue weighted by molar-refractivity contribution is 0.550. The first-order valence-electron chi connectivity index (χ1n) is 7.65. The molecule has 0 radical (unpaired) electrons. The van der Waals surface area contributed by atoms with Crippen molar-refractivity contribution in [1.82, 2.24) is 14.9 Å². The Balaban J connectivity index is 1.90. The fourth-order valence-electron chi connectivity index (χ4n) is 2.72. The van der Waals surface area contributed by atoms with Gasteiger partial charge in [0.05, 0.1) is 6.04 Å². The van der Waals surface area contributed by atoms with Crippen LogP contribution < -0.4 is 5.32 Å². The summed E-state index contributed by atoms with van der Waals surface area (Å²) in [5.74, 6) is 0.628. The number of nitrogens with zero attached hydrogens (tertiary/aromatic N) is 2. The van der Waals surface area contributed by atoms with E-state index >= 15 is 0 Å². The first-order chi connectivity index (χ1) is 11.1. The average molecular weight is 309 g/mol. The summed E-state index contributed by atoms with van der Waals surface area (Å²) in [6.45, 7) is 2.79. The van der Waals surface area contributed by atoms with E-state index in [0.29, 0.717) is 6.54 Å². The predicted octanol–water partition coefficient (Wildman–Crippen LogP) is 3.75. The molecule has 118 valence electrons. The Morgan fingerprint density at radius 2 is 2.00 bits per heavy atom. The molecule has 0 fully saturated rings. The van der Waals surface area contributed by atoms with Crippen LogP contribution in [0.4, 0.5) is 4.39 Å². The molecule has 0 aliphatic heterocycles. The van der Waals surface area contributed by atoms with Gasteiger partial charge >= 0.3 is 0 Å². The van der Waals surface area contributed by atoms with E-state index < -0.39 is 0 Å². The van der Waals surface area contributed by atoms with E-state index in [2.05, 4.69) is 29.4 Å². The van der Waals surface area contributed by atoms with E-state index in [9.17, 15) is 4.39 Å². The third-order valence-corrected chi connectivity index (χ3v) is 4.06. The first kappa shape index (κ1) is 15.4. The van der Waals surface area contributed by atoms with Gasteiger partial charge < -0.3 is 4.57 Å². The molecule has 0 aliphatic rings. The molecule has 0 aliphatic carbocycles. The van der Waals surface area contributed by atoms with Crippen LogP contribution in [0.2, 0.25) is 0 Å². The maximum absolute atomic E-state index is 13.6. The Labute approximate surface area is 135 Å². The van der Waals surface area contributed by atoms with Crippen LogP contribution in [0.15, 0.2) is 60.9 Å². The summed E-state index contributed by atoms with van der Waals surface area (Å²) in [4.78, 5) is 4.43. The standard InChI is InChI=1S/C19H20FN3/c1-14-6-3-4-7-16(14)13-22-18(19-21-10-11-23(19)2)15-8-5-9-17(20)12-15/h3-12,18,22H,13H2,1-2H3/t18-/m1/s1. The maximum atomic E-state index is 13.6. The Kier molecular flexibility index (Phi) is 4.53. The molecule has 1 atom stereocenters. The molecule has 3 aromatic rings. The van der Waals surface area contributed by atoms with Gasteiger partial charge in [-0.05, 0) is 35.7 Å². The molecule has 3 nitrogen and oxygen atoms in total. The number of aryl methyl sites for hydroxylation is 2. The molecule has 23 heavy (non-hydrogen) atoms. The predicted molar refractivity (Wildman–Crippen MR) is 89.5 cm³/mol. The van der Waals surface area contributed by atoms with E-state index in [1.807, 2.05) is 36.0 Å². The fourth-order valence-corrected chi connectivity index (χ4v) is 2.72. The summed E-state index contributed by atoms with van der Waals surface area (Å²) < 4.78 is 15.6. The largest absolute Gasteiger partial charge is 0.336 e. The zero-order valence-corrected chi connectivity index (χ0v) is 13.3. The second-order valence-electron chi connectivity index (χ2n) is 5.69. The average Bonchev–Trinajstić information content (AvgIpc) is 2.95. The van der Waals surface area contributed by atoms with Crippen molar-refractivity contribution < 1.29 is 4.39 Å². The highest BCUT2D eigenvalue weighted by molar-refractivity contribution is 5.28. The molecular weight excluding hydrogens is 289 g/mol. The van der Waals surface area contributed by atoms with E-state index in [4.69, 9.17) is 0 Å². The molecule has 4 heteroatoms. The number of halogens is 1. The van der Waals surface area contributed by atoms with Crippen LogP contribution in [-0.4, -0.2) is 9.55 Å². The van der Waals surface area contributed by atoms with Gasteiger partial charge in [0.25, 0.3) is 0 Å². The zero-order chi connectivity index (χ0) is 16.2. The lowest BCUT2D eigenvalue weighted by Gasteiger charge is -2.20. The highest BCUT2D eigenvalue weighted by Gasteiger charge is 2.18. The van der Waals surface area contributed by atoms with Crippen LogP contribution in [0.5, 0.6) is 0 Å². The lowest BCUT2D eigenvalue weighted by atomic mass is 10.0.